The number of anilines is 1. The number of carbonyl (C=O) groups is 1. The second kappa shape index (κ2) is 8.01. The van der Waals surface area contributed by atoms with Crippen LogP contribution in [0.25, 0.3) is 0 Å². The number of fused-ring (bicyclic) bond motifs is 1. The van der Waals surface area contributed by atoms with E-state index in [2.05, 4.69) is 40.2 Å². The molecule has 0 saturated carbocycles. The summed E-state index contributed by atoms with van der Waals surface area (Å²) in [6.45, 7) is 8.76. The third-order valence-corrected chi connectivity index (χ3v) is 5.62. The van der Waals surface area contributed by atoms with Crippen molar-refractivity contribution in [3.05, 3.63) is 53.3 Å². The third-order valence-electron chi connectivity index (χ3n) is 5.62. The maximum atomic E-state index is 12.3. The van der Waals surface area contributed by atoms with E-state index in [0.717, 1.165) is 49.6 Å². The first-order valence-corrected chi connectivity index (χ1v) is 10.5. The number of rotatable bonds is 2. The standard InChI is InChI=1S/C23H30N4O2/c1-23(2,3)29-22(28)27-14-11-20-19(16-27)15-24-21(25-20)26-12-9-18(10-13-26)17-7-5-4-6-8-17/h4-8,15,18H,9-14,16H2,1-3H3. The smallest absolute Gasteiger partial charge is 0.410 e. The third kappa shape index (κ3) is 4.69. The summed E-state index contributed by atoms with van der Waals surface area (Å²) in [7, 11) is 0. The van der Waals surface area contributed by atoms with E-state index >= 15 is 0 Å². The van der Waals surface area contributed by atoms with Gasteiger partial charge in [0.2, 0.25) is 5.95 Å². The monoisotopic (exact) mass is 394 g/mol. The van der Waals surface area contributed by atoms with Crippen LogP contribution in [0.2, 0.25) is 0 Å². The van der Waals surface area contributed by atoms with Crippen molar-refractivity contribution in [1.82, 2.24) is 14.9 Å². The summed E-state index contributed by atoms with van der Waals surface area (Å²) >= 11 is 0. The molecular weight excluding hydrogens is 364 g/mol. The molecule has 1 fully saturated rings. The van der Waals surface area contributed by atoms with Crippen LogP contribution in [0.5, 0.6) is 0 Å². The molecule has 154 valence electrons. The highest BCUT2D eigenvalue weighted by molar-refractivity contribution is 5.68. The van der Waals surface area contributed by atoms with Crippen LogP contribution >= 0.6 is 0 Å². The molecule has 2 aromatic rings. The van der Waals surface area contributed by atoms with Crippen LogP contribution in [0.4, 0.5) is 10.7 Å². The van der Waals surface area contributed by atoms with Crippen LogP contribution in [0.15, 0.2) is 36.5 Å². The van der Waals surface area contributed by atoms with Crippen molar-refractivity contribution in [2.24, 2.45) is 0 Å². The molecule has 6 heteroatoms. The molecule has 0 unspecified atom stereocenters. The molecule has 2 aliphatic heterocycles. The van der Waals surface area contributed by atoms with Crippen LogP contribution in [-0.4, -0.2) is 46.2 Å². The van der Waals surface area contributed by atoms with E-state index < -0.39 is 5.60 Å². The van der Waals surface area contributed by atoms with Gasteiger partial charge in [0.05, 0.1) is 12.2 Å². The lowest BCUT2D eigenvalue weighted by Gasteiger charge is -2.34. The zero-order chi connectivity index (χ0) is 20.4. The van der Waals surface area contributed by atoms with E-state index in [-0.39, 0.29) is 6.09 Å². The molecular formula is C23H30N4O2. The Hall–Kier alpha value is -2.63. The van der Waals surface area contributed by atoms with Gasteiger partial charge in [-0.05, 0) is 45.1 Å². The summed E-state index contributed by atoms with van der Waals surface area (Å²) in [4.78, 5) is 25.8. The van der Waals surface area contributed by atoms with Gasteiger partial charge in [0.1, 0.15) is 5.60 Å². The van der Waals surface area contributed by atoms with Crippen molar-refractivity contribution in [2.45, 2.75) is 58.1 Å². The first-order chi connectivity index (χ1) is 13.9. The molecule has 1 aromatic heterocycles. The van der Waals surface area contributed by atoms with Crippen LogP contribution in [0.1, 0.15) is 56.4 Å². The summed E-state index contributed by atoms with van der Waals surface area (Å²) in [6.07, 6.45) is 4.60. The fraction of sp³-hybridized carbons (Fsp3) is 0.522. The lowest BCUT2D eigenvalue weighted by atomic mass is 9.90. The number of nitrogens with zero attached hydrogens (tertiary/aromatic N) is 4. The second-order valence-corrected chi connectivity index (χ2v) is 8.97. The lowest BCUT2D eigenvalue weighted by Crippen LogP contribution is -2.40. The van der Waals surface area contributed by atoms with E-state index in [1.54, 1.807) is 4.90 Å². The Labute approximate surface area is 172 Å². The average Bonchev–Trinajstić information content (AvgIpc) is 2.72. The fourth-order valence-electron chi connectivity index (χ4n) is 4.08. The molecule has 0 atom stereocenters. The summed E-state index contributed by atoms with van der Waals surface area (Å²) in [5.41, 5.74) is 3.02. The van der Waals surface area contributed by atoms with Gasteiger partial charge in [0.25, 0.3) is 0 Å². The molecule has 3 heterocycles. The molecule has 1 amide bonds. The van der Waals surface area contributed by atoms with E-state index in [1.807, 2.05) is 27.0 Å². The van der Waals surface area contributed by atoms with Gasteiger partial charge in [-0.1, -0.05) is 30.3 Å². The number of amides is 1. The van der Waals surface area contributed by atoms with Gasteiger partial charge in [0.15, 0.2) is 0 Å². The molecule has 1 saturated heterocycles. The highest BCUT2D eigenvalue weighted by Crippen LogP contribution is 2.30. The van der Waals surface area contributed by atoms with Crippen LogP contribution in [0, 0.1) is 0 Å². The SMILES string of the molecule is CC(C)(C)OC(=O)N1CCc2nc(N3CCC(c4ccccc4)CC3)ncc2C1. The predicted molar refractivity (Wildman–Crippen MR) is 113 cm³/mol. The van der Waals surface area contributed by atoms with E-state index in [1.165, 1.54) is 5.56 Å². The normalized spacial score (nSPS) is 17.8. The molecule has 6 nitrogen and oxygen atoms in total. The fourth-order valence-corrected chi connectivity index (χ4v) is 4.08. The van der Waals surface area contributed by atoms with Gasteiger partial charge in [-0.25, -0.2) is 14.8 Å². The minimum absolute atomic E-state index is 0.268. The first kappa shape index (κ1) is 19.7. The highest BCUT2D eigenvalue weighted by Gasteiger charge is 2.28. The zero-order valence-electron chi connectivity index (χ0n) is 17.6. The van der Waals surface area contributed by atoms with Gasteiger partial charge in [0, 0.05) is 37.8 Å². The van der Waals surface area contributed by atoms with Crippen LogP contribution in [-0.2, 0) is 17.7 Å². The van der Waals surface area contributed by atoms with E-state index in [0.29, 0.717) is 19.0 Å². The number of aromatic nitrogens is 2. The van der Waals surface area contributed by atoms with Crippen molar-refractivity contribution >= 4 is 12.0 Å². The Morgan fingerprint density at radius 2 is 1.83 bits per heavy atom. The van der Waals surface area contributed by atoms with E-state index in [4.69, 9.17) is 9.72 Å². The average molecular weight is 395 g/mol. The maximum Gasteiger partial charge on any atom is 0.410 e. The number of carbonyl (C=O) groups excluding carboxylic acids is 1. The number of benzene rings is 1. The van der Waals surface area contributed by atoms with Crippen LogP contribution < -0.4 is 4.90 Å². The predicted octanol–water partition coefficient (Wildman–Crippen LogP) is 4.15. The Morgan fingerprint density at radius 1 is 1.10 bits per heavy atom. The number of hydrogen-bond donors (Lipinski definition) is 0. The molecule has 2 aliphatic rings. The summed E-state index contributed by atoms with van der Waals surface area (Å²) in [5, 5.41) is 0. The first-order valence-electron chi connectivity index (χ1n) is 10.5. The molecule has 4 rings (SSSR count). The lowest BCUT2D eigenvalue weighted by molar-refractivity contribution is 0.0222. The molecule has 0 radical (unpaired) electrons. The Bertz CT molecular complexity index is 855. The summed E-state index contributed by atoms with van der Waals surface area (Å²) in [6, 6.07) is 10.8. The molecule has 0 N–H and O–H groups in total. The molecule has 0 spiro atoms. The quantitative estimate of drug-likeness (QED) is 0.766. The van der Waals surface area contributed by atoms with Gasteiger partial charge < -0.3 is 14.5 Å². The maximum absolute atomic E-state index is 12.3. The molecule has 1 aromatic carbocycles. The van der Waals surface area contributed by atoms with Gasteiger partial charge >= 0.3 is 6.09 Å². The second-order valence-electron chi connectivity index (χ2n) is 8.97. The molecule has 29 heavy (non-hydrogen) atoms. The minimum Gasteiger partial charge on any atom is -0.444 e. The van der Waals surface area contributed by atoms with Gasteiger partial charge in [-0.2, -0.15) is 0 Å². The number of piperidine rings is 1. The van der Waals surface area contributed by atoms with Crippen LogP contribution in [0.3, 0.4) is 0 Å². The topological polar surface area (TPSA) is 58.6 Å². The number of ether oxygens (including phenoxy) is 1. The van der Waals surface area contributed by atoms with Gasteiger partial charge in [-0.15, -0.1) is 0 Å². The minimum atomic E-state index is -0.483. The summed E-state index contributed by atoms with van der Waals surface area (Å²) in [5.74, 6) is 1.44. The molecule has 0 aliphatic carbocycles. The summed E-state index contributed by atoms with van der Waals surface area (Å²) < 4.78 is 5.50. The van der Waals surface area contributed by atoms with Gasteiger partial charge in [-0.3, -0.25) is 0 Å². The Balaban J connectivity index is 1.38. The molecule has 0 bridgehead atoms. The Kier molecular flexibility index (Phi) is 5.43. The largest absolute Gasteiger partial charge is 0.444 e. The zero-order valence-corrected chi connectivity index (χ0v) is 17.6. The van der Waals surface area contributed by atoms with Crippen molar-refractivity contribution in [3.63, 3.8) is 0 Å². The highest BCUT2D eigenvalue weighted by atomic mass is 16.6. The number of hydrogen-bond acceptors (Lipinski definition) is 5. The van der Waals surface area contributed by atoms with Crippen molar-refractivity contribution in [1.29, 1.82) is 0 Å². The van der Waals surface area contributed by atoms with Crippen molar-refractivity contribution in [2.75, 3.05) is 24.5 Å². The van der Waals surface area contributed by atoms with Crippen molar-refractivity contribution in [3.8, 4) is 0 Å². The Morgan fingerprint density at radius 3 is 2.52 bits per heavy atom. The van der Waals surface area contributed by atoms with E-state index in [9.17, 15) is 4.79 Å². The van der Waals surface area contributed by atoms with Crippen molar-refractivity contribution < 1.29 is 9.53 Å².